The van der Waals surface area contributed by atoms with Crippen LogP contribution in [0.25, 0.3) is 16.3 Å². The van der Waals surface area contributed by atoms with Crippen molar-refractivity contribution in [1.82, 2.24) is 9.88 Å². The SMILES string of the molecule is O=C(C=Cc1cccs1)N(CCN1CCOCC1)c1nc2ccc(OC(F)(F)F)cc2s1. The highest BCUT2D eigenvalue weighted by Gasteiger charge is 2.31. The molecule has 170 valence electrons. The second-order valence-corrected chi connectivity index (χ2v) is 8.95. The second-order valence-electron chi connectivity index (χ2n) is 6.97. The van der Waals surface area contributed by atoms with E-state index in [1.165, 1.54) is 35.6 Å². The van der Waals surface area contributed by atoms with E-state index in [0.29, 0.717) is 41.7 Å². The Hall–Kier alpha value is -2.47. The number of fused-ring (bicyclic) bond motifs is 1. The van der Waals surface area contributed by atoms with Crippen molar-refractivity contribution in [2.75, 3.05) is 44.3 Å². The van der Waals surface area contributed by atoms with Crippen LogP contribution in [-0.2, 0) is 9.53 Å². The maximum atomic E-state index is 13.0. The zero-order valence-corrected chi connectivity index (χ0v) is 18.5. The first-order chi connectivity index (χ1) is 15.4. The monoisotopic (exact) mass is 483 g/mol. The number of aromatic nitrogens is 1. The molecule has 0 N–H and O–H groups in total. The molecule has 1 aliphatic rings. The molecular formula is C21H20F3N3O3S2. The summed E-state index contributed by atoms with van der Waals surface area (Å²) in [6, 6.07) is 7.78. The number of amides is 1. The third-order valence-electron chi connectivity index (χ3n) is 4.76. The van der Waals surface area contributed by atoms with Gasteiger partial charge in [0.2, 0.25) is 0 Å². The molecule has 4 rings (SSSR count). The van der Waals surface area contributed by atoms with E-state index >= 15 is 0 Å². The van der Waals surface area contributed by atoms with Crippen LogP contribution in [-0.4, -0.2) is 61.5 Å². The Labute approximate surface area is 190 Å². The van der Waals surface area contributed by atoms with E-state index in [1.54, 1.807) is 11.0 Å². The highest BCUT2D eigenvalue weighted by molar-refractivity contribution is 7.22. The molecule has 1 amide bonds. The average Bonchev–Trinajstić information content (AvgIpc) is 3.41. The summed E-state index contributed by atoms with van der Waals surface area (Å²) in [7, 11) is 0. The number of carbonyl (C=O) groups is 1. The van der Waals surface area contributed by atoms with Crippen LogP contribution in [0.1, 0.15) is 4.88 Å². The van der Waals surface area contributed by atoms with Crippen molar-refractivity contribution in [1.29, 1.82) is 0 Å². The van der Waals surface area contributed by atoms with Crippen LogP contribution in [0.3, 0.4) is 0 Å². The largest absolute Gasteiger partial charge is 0.573 e. The maximum Gasteiger partial charge on any atom is 0.573 e. The standard InChI is InChI=1S/C21H20F3N3O3S2/c22-21(23,24)30-15-3-5-17-18(14-15)32-20(25-17)27(8-7-26-9-11-29-12-10-26)19(28)6-4-16-2-1-13-31-16/h1-6,13-14H,7-12H2. The lowest BCUT2D eigenvalue weighted by Gasteiger charge is -2.28. The lowest BCUT2D eigenvalue weighted by Crippen LogP contribution is -2.42. The van der Waals surface area contributed by atoms with Crippen molar-refractivity contribution in [3.05, 3.63) is 46.7 Å². The lowest BCUT2D eigenvalue weighted by atomic mass is 10.3. The number of morpholine rings is 1. The van der Waals surface area contributed by atoms with Gasteiger partial charge in [-0.1, -0.05) is 17.4 Å². The summed E-state index contributed by atoms with van der Waals surface area (Å²) in [5, 5.41) is 2.35. The van der Waals surface area contributed by atoms with E-state index in [1.807, 2.05) is 17.5 Å². The normalized spacial score (nSPS) is 15.5. The molecule has 0 aliphatic carbocycles. The quantitative estimate of drug-likeness (QED) is 0.459. The Morgan fingerprint density at radius 1 is 1.28 bits per heavy atom. The molecule has 1 aromatic carbocycles. The molecule has 1 fully saturated rings. The molecule has 11 heteroatoms. The van der Waals surface area contributed by atoms with Crippen molar-refractivity contribution >= 4 is 50.0 Å². The number of halogens is 3. The minimum atomic E-state index is -4.77. The van der Waals surface area contributed by atoms with Crippen molar-refractivity contribution in [3.63, 3.8) is 0 Å². The Bertz CT molecular complexity index is 1080. The first-order valence-electron chi connectivity index (χ1n) is 9.87. The van der Waals surface area contributed by atoms with E-state index in [0.717, 1.165) is 29.3 Å². The van der Waals surface area contributed by atoms with E-state index in [2.05, 4.69) is 14.6 Å². The predicted octanol–water partition coefficient (Wildman–Crippen LogP) is 4.64. The molecule has 0 atom stereocenters. The molecule has 1 aliphatic heterocycles. The lowest BCUT2D eigenvalue weighted by molar-refractivity contribution is -0.274. The molecular weight excluding hydrogens is 463 g/mol. The Morgan fingerprint density at radius 3 is 2.81 bits per heavy atom. The minimum absolute atomic E-state index is 0.238. The van der Waals surface area contributed by atoms with Crippen molar-refractivity contribution in [2.24, 2.45) is 0 Å². The summed E-state index contributed by atoms with van der Waals surface area (Å²) in [4.78, 5) is 22.2. The van der Waals surface area contributed by atoms with Crippen LogP contribution < -0.4 is 9.64 Å². The van der Waals surface area contributed by atoms with Gasteiger partial charge in [-0.2, -0.15) is 0 Å². The van der Waals surface area contributed by atoms with Crippen molar-refractivity contribution < 1.29 is 27.4 Å². The summed E-state index contributed by atoms with van der Waals surface area (Å²) < 4.78 is 47.5. The zero-order chi connectivity index (χ0) is 22.6. The summed E-state index contributed by atoms with van der Waals surface area (Å²) in [6.07, 6.45) is -1.53. The Kier molecular flexibility index (Phi) is 7.09. The number of carbonyl (C=O) groups excluding carboxylic acids is 1. The molecule has 0 bridgehead atoms. The van der Waals surface area contributed by atoms with Gasteiger partial charge in [0.1, 0.15) is 5.75 Å². The molecule has 1 saturated heterocycles. The molecule has 6 nitrogen and oxygen atoms in total. The van der Waals surface area contributed by atoms with Crippen molar-refractivity contribution in [2.45, 2.75) is 6.36 Å². The van der Waals surface area contributed by atoms with E-state index in [-0.39, 0.29) is 11.7 Å². The smallest absolute Gasteiger partial charge is 0.406 e. The number of ether oxygens (including phenoxy) is 2. The topological polar surface area (TPSA) is 54.9 Å². The van der Waals surface area contributed by atoms with Gasteiger partial charge in [0, 0.05) is 43.2 Å². The van der Waals surface area contributed by atoms with Gasteiger partial charge in [-0.25, -0.2) is 4.98 Å². The fourth-order valence-electron chi connectivity index (χ4n) is 3.20. The van der Waals surface area contributed by atoms with Crippen LogP contribution in [0, 0.1) is 0 Å². The third kappa shape index (κ3) is 6.06. The van der Waals surface area contributed by atoms with Crippen molar-refractivity contribution in [3.8, 4) is 5.75 Å². The Morgan fingerprint density at radius 2 is 2.09 bits per heavy atom. The number of alkyl halides is 3. The summed E-state index contributed by atoms with van der Waals surface area (Å²) in [6.45, 7) is 3.90. The molecule has 3 aromatic rings. The first-order valence-corrected chi connectivity index (χ1v) is 11.6. The zero-order valence-electron chi connectivity index (χ0n) is 16.9. The van der Waals surface area contributed by atoms with Crippen LogP contribution in [0.4, 0.5) is 18.3 Å². The molecule has 0 spiro atoms. The molecule has 0 saturated carbocycles. The summed E-state index contributed by atoms with van der Waals surface area (Å²) in [5.41, 5.74) is 0.505. The first kappa shape index (κ1) is 22.7. The van der Waals surface area contributed by atoms with Crippen LogP contribution in [0.5, 0.6) is 5.75 Å². The van der Waals surface area contributed by atoms with Gasteiger partial charge in [-0.3, -0.25) is 14.6 Å². The highest BCUT2D eigenvalue weighted by Crippen LogP contribution is 2.33. The van der Waals surface area contributed by atoms with Gasteiger partial charge in [-0.15, -0.1) is 24.5 Å². The number of benzene rings is 1. The number of nitrogens with zero attached hydrogens (tertiary/aromatic N) is 3. The number of thiophene rings is 1. The minimum Gasteiger partial charge on any atom is -0.406 e. The maximum absolute atomic E-state index is 13.0. The molecule has 0 unspecified atom stereocenters. The summed E-state index contributed by atoms with van der Waals surface area (Å²) >= 11 is 2.68. The molecule has 2 aromatic heterocycles. The fraction of sp³-hybridized carbons (Fsp3) is 0.333. The van der Waals surface area contributed by atoms with Crippen LogP contribution in [0.2, 0.25) is 0 Å². The molecule has 3 heterocycles. The number of anilines is 1. The van der Waals surface area contributed by atoms with E-state index in [4.69, 9.17) is 4.74 Å². The molecule has 32 heavy (non-hydrogen) atoms. The van der Waals surface area contributed by atoms with E-state index < -0.39 is 6.36 Å². The van der Waals surface area contributed by atoms with Gasteiger partial charge in [-0.05, 0) is 29.7 Å². The highest BCUT2D eigenvalue weighted by atomic mass is 32.1. The second kappa shape index (κ2) is 9.99. The van der Waals surface area contributed by atoms with Gasteiger partial charge >= 0.3 is 6.36 Å². The van der Waals surface area contributed by atoms with Gasteiger partial charge in [0.15, 0.2) is 5.13 Å². The van der Waals surface area contributed by atoms with Gasteiger partial charge in [0.05, 0.1) is 23.4 Å². The van der Waals surface area contributed by atoms with Gasteiger partial charge in [0.25, 0.3) is 5.91 Å². The van der Waals surface area contributed by atoms with Gasteiger partial charge < -0.3 is 9.47 Å². The number of thiazole rings is 1. The van der Waals surface area contributed by atoms with E-state index in [9.17, 15) is 18.0 Å². The third-order valence-corrected chi connectivity index (χ3v) is 6.63. The number of hydrogen-bond donors (Lipinski definition) is 0. The number of hydrogen-bond acceptors (Lipinski definition) is 7. The summed E-state index contributed by atoms with van der Waals surface area (Å²) in [5.74, 6) is -0.554. The predicted molar refractivity (Wildman–Crippen MR) is 119 cm³/mol. The van der Waals surface area contributed by atoms with Crippen LogP contribution in [0.15, 0.2) is 41.8 Å². The van der Waals surface area contributed by atoms with Crippen LogP contribution >= 0.6 is 22.7 Å². The average molecular weight is 484 g/mol. The fourth-order valence-corrected chi connectivity index (χ4v) is 4.84. The Balaban J connectivity index is 1.57. The number of rotatable bonds is 7. The molecule has 0 radical (unpaired) electrons.